The van der Waals surface area contributed by atoms with Crippen LogP contribution in [0.2, 0.25) is 0 Å². The summed E-state index contributed by atoms with van der Waals surface area (Å²) in [4.78, 5) is 14.2. The van der Waals surface area contributed by atoms with Gasteiger partial charge in [0.1, 0.15) is 0 Å². The van der Waals surface area contributed by atoms with Crippen LogP contribution in [0, 0.1) is 5.92 Å². The Bertz CT molecular complexity index is 232. The summed E-state index contributed by atoms with van der Waals surface area (Å²) < 4.78 is 5.26. The molecule has 1 aliphatic heterocycles. The van der Waals surface area contributed by atoms with Gasteiger partial charge in [-0.3, -0.25) is 4.79 Å². The highest BCUT2D eigenvalue weighted by Gasteiger charge is 2.32. The quantitative estimate of drug-likeness (QED) is 0.772. The van der Waals surface area contributed by atoms with E-state index in [0.717, 1.165) is 19.3 Å². The largest absolute Gasteiger partial charge is 0.395 e. The van der Waals surface area contributed by atoms with Crippen molar-refractivity contribution in [2.45, 2.75) is 38.1 Å². The summed E-state index contributed by atoms with van der Waals surface area (Å²) in [6.07, 6.45) is 5.45. The first kappa shape index (κ1) is 11.9. The molecule has 1 N–H and O–H groups in total. The van der Waals surface area contributed by atoms with Gasteiger partial charge >= 0.3 is 0 Å². The lowest BCUT2D eigenvalue weighted by molar-refractivity contribution is -0.138. The molecule has 0 bridgehead atoms. The fourth-order valence-corrected chi connectivity index (χ4v) is 2.76. The third-order valence-corrected chi connectivity index (χ3v) is 3.67. The van der Waals surface area contributed by atoms with Crippen molar-refractivity contribution in [1.82, 2.24) is 4.90 Å². The molecule has 0 aromatic carbocycles. The number of ether oxygens (including phenoxy) is 1. The molecule has 4 heteroatoms. The maximum atomic E-state index is 12.3. The van der Waals surface area contributed by atoms with Crippen LogP contribution in [0.3, 0.4) is 0 Å². The van der Waals surface area contributed by atoms with E-state index >= 15 is 0 Å². The summed E-state index contributed by atoms with van der Waals surface area (Å²) in [5.41, 5.74) is 0. The zero-order valence-corrected chi connectivity index (χ0v) is 9.73. The number of rotatable bonds is 4. The van der Waals surface area contributed by atoms with E-state index in [1.807, 2.05) is 4.90 Å². The van der Waals surface area contributed by atoms with E-state index in [1.165, 1.54) is 12.8 Å². The molecule has 4 nitrogen and oxygen atoms in total. The van der Waals surface area contributed by atoms with E-state index in [9.17, 15) is 4.79 Å². The molecule has 1 aliphatic carbocycles. The summed E-state index contributed by atoms with van der Waals surface area (Å²) in [6.45, 7) is 1.82. The predicted octanol–water partition coefficient (Wildman–Crippen LogP) is 0.786. The van der Waals surface area contributed by atoms with Crippen LogP contribution >= 0.6 is 0 Å². The molecule has 0 spiro atoms. The van der Waals surface area contributed by atoms with Gasteiger partial charge in [0.05, 0.1) is 19.1 Å². The number of hydrogen-bond acceptors (Lipinski definition) is 3. The van der Waals surface area contributed by atoms with Gasteiger partial charge in [0.25, 0.3) is 0 Å². The van der Waals surface area contributed by atoms with Gasteiger partial charge in [-0.2, -0.15) is 0 Å². The lowest BCUT2D eigenvalue weighted by Crippen LogP contribution is -2.44. The monoisotopic (exact) mass is 227 g/mol. The van der Waals surface area contributed by atoms with E-state index in [1.54, 1.807) is 0 Å². The number of aliphatic hydroxyl groups is 1. The summed E-state index contributed by atoms with van der Waals surface area (Å²) in [5, 5.41) is 9.06. The van der Waals surface area contributed by atoms with E-state index < -0.39 is 0 Å². The highest BCUT2D eigenvalue weighted by atomic mass is 16.5. The molecule has 1 saturated carbocycles. The third kappa shape index (κ3) is 2.55. The van der Waals surface area contributed by atoms with Crippen LogP contribution in [0.15, 0.2) is 0 Å². The number of hydrogen-bond donors (Lipinski definition) is 1. The summed E-state index contributed by atoms with van der Waals surface area (Å²) in [6, 6.07) is 0.361. The Hall–Kier alpha value is -0.610. The number of amides is 1. The Morgan fingerprint density at radius 1 is 1.31 bits per heavy atom. The summed E-state index contributed by atoms with van der Waals surface area (Å²) >= 11 is 0. The fraction of sp³-hybridized carbons (Fsp3) is 0.917. The highest BCUT2D eigenvalue weighted by Crippen LogP contribution is 2.26. The van der Waals surface area contributed by atoms with E-state index in [4.69, 9.17) is 9.84 Å². The average molecular weight is 227 g/mol. The van der Waals surface area contributed by atoms with Crippen molar-refractivity contribution in [3.05, 3.63) is 0 Å². The van der Waals surface area contributed by atoms with E-state index in [2.05, 4.69) is 0 Å². The minimum atomic E-state index is 0.0344. The second-order valence-corrected chi connectivity index (χ2v) is 4.75. The van der Waals surface area contributed by atoms with Crippen LogP contribution in [0.1, 0.15) is 32.1 Å². The van der Waals surface area contributed by atoms with Gasteiger partial charge in [-0.15, -0.1) is 0 Å². The normalized spacial score (nSPS) is 26.2. The zero-order chi connectivity index (χ0) is 11.4. The van der Waals surface area contributed by atoms with Crippen LogP contribution in [0.5, 0.6) is 0 Å². The Morgan fingerprint density at radius 2 is 2.06 bits per heavy atom. The molecule has 1 atom stereocenters. The average Bonchev–Trinajstić information content (AvgIpc) is 2.96. The maximum absolute atomic E-state index is 12.3. The van der Waals surface area contributed by atoms with Crippen molar-refractivity contribution in [3.8, 4) is 0 Å². The topological polar surface area (TPSA) is 49.8 Å². The smallest absolute Gasteiger partial charge is 0.228 e. The fourth-order valence-electron chi connectivity index (χ4n) is 2.76. The van der Waals surface area contributed by atoms with Crippen molar-refractivity contribution >= 4 is 5.91 Å². The van der Waals surface area contributed by atoms with Crippen molar-refractivity contribution in [2.24, 2.45) is 5.92 Å². The second-order valence-electron chi connectivity index (χ2n) is 4.75. The lowest BCUT2D eigenvalue weighted by Gasteiger charge is -2.30. The number of aliphatic hydroxyl groups excluding tert-OH is 1. The van der Waals surface area contributed by atoms with Gasteiger partial charge in [-0.25, -0.2) is 0 Å². The molecule has 2 fully saturated rings. The van der Waals surface area contributed by atoms with Crippen molar-refractivity contribution < 1.29 is 14.6 Å². The molecular formula is C12H21NO3. The lowest BCUT2D eigenvalue weighted by atomic mass is 10.1. The Labute approximate surface area is 96.6 Å². The van der Waals surface area contributed by atoms with Crippen LogP contribution in [0.25, 0.3) is 0 Å². The minimum absolute atomic E-state index is 0.0344. The standard InChI is InChI=1S/C12H21NO3/c14-7-6-13(11-3-1-2-4-11)12(15)10-5-8-16-9-10/h10-11,14H,1-9H2. The molecule has 2 aliphatic rings. The van der Waals surface area contributed by atoms with Gasteiger partial charge in [0.2, 0.25) is 5.91 Å². The molecule has 0 radical (unpaired) electrons. The first-order valence-electron chi connectivity index (χ1n) is 6.32. The molecule has 0 aromatic heterocycles. The third-order valence-electron chi connectivity index (χ3n) is 3.67. The molecule has 1 amide bonds. The van der Waals surface area contributed by atoms with Crippen LogP contribution in [-0.4, -0.2) is 48.3 Å². The van der Waals surface area contributed by atoms with Gasteiger partial charge in [0.15, 0.2) is 0 Å². The molecule has 1 unspecified atom stereocenters. The molecule has 1 saturated heterocycles. The predicted molar refractivity (Wildman–Crippen MR) is 60.0 cm³/mol. The Kier molecular flexibility index (Phi) is 4.18. The van der Waals surface area contributed by atoms with Gasteiger partial charge in [0, 0.05) is 19.2 Å². The van der Waals surface area contributed by atoms with Crippen LogP contribution in [0.4, 0.5) is 0 Å². The van der Waals surface area contributed by atoms with Gasteiger partial charge < -0.3 is 14.7 Å². The van der Waals surface area contributed by atoms with E-state index in [0.29, 0.717) is 25.8 Å². The minimum Gasteiger partial charge on any atom is -0.395 e. The summed E-state index contributed by atoms with van der Waals surface area (Å²) in [5.74, 6) is 0.227. The Morgan fingerprint density at radius 3 is 2.62 bits per heavy atom. The van der Waals surface area contributed by atoms with E-state index in [-0.39, 0.29) is 18.4 Å². The summed E-state index contributed by atoms with van der Waals surface area (Å²) in [7, 11) is 0. The van der Waals surface area contributed by atoms with Crippen molar-refractivity contribution in [1.29, 1.82) is 0 Å². The van der Waals surface area contributed by atoms with Crippen LogP contribution < -0.4 is 0 Å². The Balaban J connectivity index is 1.96. The number of carbonyl (C=O) groups excluding carboxylic acids is 1. The molecular weight excluding hydrogens is 206 g/mol. The van der Waals surface area contributed by atoms with Crippen LogP contribution in [-0.2, 0) is 9.53 Å². The SMILES string of the molecule is O=C(C1CCOC1)N(CCO)C1CCCC1. The first-order valence-corrected chi connectivity index (χ1v) is 6.32. The van der Waals surface area contributed by atoms with Gasteiger partial charge in [-0.05, 0) is 19.3 Å². The van der Waals surface area contributed by atoms with Crippen molar-refractivity contribution in [2.75, 3.05) is 26.4 Å². The van der Waals surface area contributed by atoms with Crippen molar-refractivity contribution in [3.63, 3.8) is 0 Å². The molecule has 16 heavy (non-hydrogen) atoms. The van der Waals surface area contributed by atoms with Gasteiger partial charge in [-0.1, -0.05) is 12.8 Å². The zero-order valence-electron chi connectivity index (χ0n) is 9.73. The highest BCUT2D eigenvalue weighted by molar-refractivity contribution is 5.79. The molecule has 2 rings (SSSR count). The molecule has 1 heterocycles. The first-order chi connectivity index (χ1) is 7.83. The maximum Gasteiger partial charge on any atom is 0.228 e. The number of nitrogens with zero attached hydrogens (tertiary/aromatic N) is 1. The second kappa shape index (κ2) is 5.64. The molecule has 0 aromatic rings. The molecule has 92 valence electrons. The number of carbonyl (C=O) groups is 1.